The van der Waals surface area contributed by atoms with E-state index in [-0.39, 0.29) is 5.91 Å². The Hall–Kier alpha value is -0.960. The molecule has 0 spiro atoms. The minimum atomic E-state index is -0.475. The van der Waals surface area contributed by atoms with Crippen molar-refractivity contribution in [2.45, 2.75) is 18.8 Å². The molecule has 3 nitrogen and oxygen atoms in total. The number of hydrogen-bond donors (Lipinski definition) is 0. The maximum Gasteiger partial charge on any atom is 0.240 e. The van der Waals surface area contributed by atoms with Gasteiger partial charge in [-0.3, -0.25) is 4.79 Å². The van der Waals surface area contributed by atoms with Crippen molar-refractivity contribution in [3.05, 3.63) is 24.2 Å². The van der Waals surface area contributed by atoms with Gasteiger partial charge in [0.1, 0.15) is 5.38 Å². The van der Waals surface area contributed by atoms with E-state index in [1.54, 1.807) is 31.4 Å². The second-order valence-electron chi connectivity index (χ2n) is 2.94. The molecule has 4 heteroatoms. The molecule has 0 aliphatic rings. The average molecular weight is 202 g/mol. The maximum absolute atomic E-state index is 11.3. The van der Waals surface area contributed by atoms with Gasteiger partial charge in [-0.15, -0.1) is 11.6 Å². The summed E-state index contributed by atoms with van der Waals surface area (Å²) < 4.78 is 4.88. The molecule has 0 aromatic carbocycles. The fourth-order valence-corrected chi connectivity index (χ4v) is 1.20. The van der Waals surface area contributed by atoms with Gasteiger partial charge in [-0.25, -0.2) is 0 Å². The molecule has 1 atom stereocenters. The van der Waals surface area contributed by atoms with Crippen LogP contribution in [0.3, 0.4) is 0 Å². The van der Waals surface area contributed by atoms with Crippen molar-refractivity contribution in [1.82, 2.24) is 4.90 Å². The van der Waals surface area contributed by atoms with E-state index in [4.69, 9.17) is 16.0 Å². The molecule has 0 aliphatic heterocycles. The number of nitrogens with zero attached hydrogens (tertiary/aromatic N) is 1. The van der Waals surface area contributed by atoms with Gasteiger partial charge in [0.25, 0.3) is 0 Å². The number of halogens is 1. The van der Waals surface area contributed by atoms with E-state index >= 15 is 0 Å². The lowest BCUT2D eigenvalue weighted by molar-refractivity contribution is -0.129. The van der Waals surface area contributed by atoms with Crippen LogP contribution in [0.1, 0.15) is 12.5 Å². The lowest BCUT2D eigenvalue weighted by atomic mass is 10.3. The summed E-state index contributed by atoms with van der Waals surface area (Å²) >= 11 is 5.65. The minimum absolute atomic E-state index is 0.0807. The highest BCUT2D eigenvalue weighted by molar-refractivity contribution is 6.30. The maximum atomic E-state index is 11.3. The summed E-state index contributed by atoms with van der Waals surface area (Å²) in [5.41, 5.74) is 0.966. The molecule has 0 N–H and O–H groups in total. The first kappa shape index (κ1) is 10.1. The van der Waals surface area contributed by atoms with Gasteiger partial charge in [0.15, 0.2) is 0 Å². The van der Waals surface area contributed by atoms with E-state index < -0.39 is 5.38 Å². The van der Waals surface area contributed by atoms with E-state index in [1.807, 2.05) is 6.07 Å². The summed E-state index contributed by atoms with van der Waals surface area (Å²) in [6.45, 7) is 2.20. The molecule has 1 heterocycles. The summed E-state index contributed by atoms with van der Waals surface area (Å²) in [5, 5.41) is -0.475. The van der Waals surface area contributed by atoms with Gasteiger partial charge in [-0.05, 0) is 13.0 Å². The van der Waals surface area contributed by atoms with Crippen LogP contribution in [0, 0.1) is 0 Å². The summed E-state index contributed by atoms with van der Waals surface area (Å²) in [6, 6.07) is 1.82. The fourth-order valence-electron chi connectivity index (χ4n) is 1.04. The first-order chi connectivity index (χ1) is 6.11. The zero-order valence-electron chi connectivity index (χ0n) is 7.66. The fraction of sp³-hybridized carbons (Fsp3) is 0.444. The van der Waals surface area contributed by atoms with Crippen LogP contribution in [0.2, 0.25) is 0 Å². The molecule has 0 aliphatic carbocycles. The van der Waals surface area contributed by atoms with Gasteiger partial charge >= 0.3 is 0 Å². The van der Waals surface area contributed by atoms with Crippen LogP contribution in [0.25, 0.3) is 0 Å². The minimum Gasteiger partial charge on any atom is -0.472 e. The molecule has 1 amide bonds. The normalized spacial score (nSPS) is 12.5. The van der Waals surface area contributed by atoms with Crippen LogP contribution in [0.15, 0.2) is 23.0 Å². The smallest absolute Gasteiger partial charge is 0.240 e. The number of alkyl halides is 1. The number of carbonyl (C=O) groups is 1. The Morgan fingerprint density at radius 1 is 1.77 bits per heavy atom. The predicted octanol–water partition coefficient (Wildman–Crippen LogP) is 1.87. The van der Waals surface area contributed by atoms with Gasteiger partial charge < -0.3 is 9.32 Å². The molecule has 1 rings (SSSR count). The topological polar surface area (TPSA) is 33.5 Å². The third-order valence-corrected chi connectivity index (χ3v) is 1.90. The van der Waals surface area contributed by atoms with Crippen LogP contribution in [0.4, 0.5) is 0 Å². The van der Waals surface area contributed by atoms with Crippen molar-refractivity contribution in [2.75, 3.05) is 7.05 Å². The Morgan fingerprint density at radius 2 is 2.46 bits per heavy atom. The van der Waals surface area contributed by atoms with Crippen molar-refractivity contribution in [3.8, 4) is 0 Å². The van der Waals surface area contributed by atoms with Gasteiger partial charge in [-0.1, -0.05) is 0 Å². The number of hydrogen-bond acceptors (Lipinski definition) is 2. The van der Waals surface area contributed by atoms with E-state index in [1.165, 1.54) is 0 Å². The Labute approximate surface area is 82.3 Å². The summed E-state index contributed by atoms with van der Waals surface area (Å²) in [5.74, 6) is -0.0807. The molecule has 1 aromatic rings. The SMILES string of the molecule is CC(Cl)C(=O)N(C)Cc1ccoc1. The van der Waals surface area contributed by atoms with Crippen molar-refractivity contribution in [2.24, 2.45) is 0 Å². The van der Waals surface area contributed by atoms with Crippen LogP contribution in [-0.4, -0.2) is 23.2 Å². The molecule has 0 bridgehead atoms. The molecule has 0 radical (unpaired) electrons. The molecule has 0 saturated carbocycles. The second kappa shape index (κ2) is 4.33. The van der Waals surface area contributed by atoms with Crippen molar-refractivity contribution < 1.29 is 9.21 Å². The van der Waals surface area contributed by atoms with Gasteiger partial charge in [0, 0.05) is 19.2 Å². The molecule has 1 aromatic heterocycles. The van der Waals surface area contributed by atoms with Crippen molar-refractivity contribution in [3.63, 3.8) is 0 Å². The van der Waals surface area contributed by atoms with Crippen LogP contribution >= 0.6 is 11.6 Å². The predicted molar refractivity (Wildman–Crippen MR) is 50.5 cm³/mol. The van der Waals surface area contributed by atoms with Crippen molar-refractivity contribution in [1.29, 1.82) is 0 Å². The van der Waals surface area contributed by atoms with Crippen molar-refractivity contribution >= 4 is 17.5 Å². The van der Waals surface area contributed by atoms with Crippen LogP contribution in [0.5, 0.6) is 0 Å². The van der Waals surface area contributed by atoms with E-state index in [0.29, 0.717) is 6.54 Å². The molecule has 1 unspecified atom stereocenters. The quantitative estimate of drug-likeness (QED) is 0.700. The van der Waals surface area contributed by atoms with Crippen LogP contribution < -0.4 is 0 Å². The Bertz CT molecular complexity index is 269. The first-order valence-electron chi connectivity index (χ1n) is 4.01. The lowest BCUT2D eigenvalue weighted by Crippen LogP contribution is -2.31. The Kier molecular flexibility index (Phi) is 3.37. The molecule has 13 heavy (non-hydrogen) atoms. The number of rotatable bonds is 3. The lowest BCUT2D eigenvalue weighted by Gasteiger charge is -2.17. The van der Waals surface area contributed by atoms with Gasteiger partial charge in [0.05, 0.1) is 12.5 Å². The first-order valence-corrected chi connectivity index (χ1v) is 4.45. The summed E-state index contributed by atoms with van der Waals surface area (Å²) in [4.78, 5) is 12.9. The number of furan rings is 1. The third kappa shape index (κ3) is 2.77. The molecule has 0 fully saturated rings. The van der Waals surface area contributed by atoms with Crippen LogP contribution in [-0.2, 0) is 11.3 Å². The van der Waals surface area contributed by atoms with Gasteiger partial charge in [0.2, 0.25) is 5.91 Å². The standard InChI is InChI=1S/C9H12ClNO2/c1-7(10)9(12)11(2)5-8-3-4-13-6-8/h3-4,6-7H,5H2,1-2H3. The average Bonchev–Trinajstić information content (AvgIpc) is 2.55. The molecule has 0 saturated heterocycles. The Balaban J connectivity index is 2.51. The number of carbonyl (C=O) groups excluding carboxylic acids is 1. The largest absolute Gasteiger partial charge is 0.472 e. The Morgan fingerprint density at radius 3 is 2.92 bits per heavy atom. The second-order valence-corrected chi connectivity index (χ2v) is 3.60. The zero-order chi connectivity index (χ0) is 9.84. The molecule has 72 valence electrons. The van der Waals surface area contributed by atoms with Gasteiger partial charge in [-0.2, -0.15) is 0 Å². The zero-order valence-corrected chi connectivity index (χ0v) is 8.41. The van der Waals surface area contributed by atoms with E-state index in [2.05, 4.69) is 0 Å². The highest BCUT2D eigenvalue weighted by atomic mass is 35.5. The monoisotopic (exact) mass is 201 g/mol. The summed E-state index contributed by atoms with van der Waals surface area (Å²) in [6.07, 6.45) is 3.19. The molecular weight excluding hydrogens is 190 g/mol. The van der Waals surface area contributed by atoms with E-state index in [9.17, 15) is 4.79 Å². The van der Waals surface area contributed by atoms with E-state index in [0.717, 1.165) is 5.56 Å². The number of amides is 1. The third-order valence-electron chi connectivity index (χ3n) is 1.72. The highest BCUT2D eigenvalue weighted by Gasteiger charge is 2.14. The summed E-state index contributed by atoms with van der Waals surface area (Å²) in [7, 11) is 1.72. The molecular formula is C9H12ClNO2. The highest BCUT2D eigenvalue weighted by Crippen LogP contribution is 2.06.